The second-order valence-corrected chi connectivity index (χ2v) is 9.89. The number of nitrogens with zero attached hydrogens (tertiary/aromatic N) is 2. The van der Waals surface area contributed by atoms with E-state index in [-0.39, 0.29) is 17.7 Å². The van der Waals surface area contributed by atoms with Crippen LogP contribution in [0.15, 0.2) is 67.3 Å². The largest absolute Gasteiger partial charge is 0.342 e. The fraction of sp³-hybridized carbons (Fsp3) is 0.370. The topological polar surface area (TPSA) is 69.7 Å². The molecular weight excluding hydrogens is 414 g/mol. The molecule has 0 aliphatic carbocycles. The predicted molar refractivity (Wildman–Crippen MR) is 126 cm³/mol. The number of allylic oxidation sites excluding steroid dienone is 1. The maximum Gasteiger partial charge on any atom is 0.247 e. The molecular formula is C27H29N3O3. The molecule has 0 aromatic heterocycles. The normalized spacial score (nSPS) is 28.2. The third-order valence-electron chi connectivity index (χ3n) is 7.90. The number of benzene rings is 2. The van der Waals surface area contributed by atoms with Crippen LogP contribution in [0.1, 0.15) is 38.3 Å². The highest BCUT2D eigenvalue weighted by atomic mass is 16.2. The molecule has 2 aromatic carbocycles. The Morgan fingerprint density at radius 2 is 1.82 bits per heavy atom. The number of hydrogen-bond acceptors (Lipinski definition) is 3. The van der Waals surface area contributed by atoms with E-state index in [0.717, 1.165) is 16.8 Å². The van der Waals surface area contributed by atoms with Gasteiger partial charge in [0.1, 0.15) is 18.2 Å². The van der Waals surface area contributed by atoms with Crippen molar-refractivity contribution in [2.45, 2.75) is 57.3 Å². The molecule has 0 saturated carbocycles. The first-order chi connectivity index (χ1) is 15.7. The van der Waals surface area contributed by atoms with Gasteiger partial charge in [0.25, 0.3) is 0 Å². The molecule has 6 nitrogen and oxygen atoms in total. The fourth-order valence-corrected chi connectivity index (χ4v) is 6.16. The lowest BCUT2D eigenvalue weighted by atomic mass is 9.60. The molecule has 1 N–H and O–H groups in total. The number of nitrogens with one attached hydrogen (secondary N) is 1. The van der Waals surface area contributed by atoms with Crippen molar-refractivity contribution in [1.29, 1.82) is 0 Å². The second kappa shape index (κ2) is 7.30. The van der Waals surface area contributed by atoms with Crippen molar-refractivity contribution >= 4 is 23.4 Å². The smallest absolute Gasteiger partial charge is 0.247 e. The van der Waals surface area contributed by atoms with Crippen molar-refractivity contribution in [3.8, 4) is 0 Å². The first-order valence-electron chi connectivity index (χ1n) is 11.4. The van der Waals surface area contributed by atoms with Gasteiger partial charge in [-0.25, -0.2) is 0 Å². The zero-order chi connectivity index (χ0) is 23.5. The summed E-state index contributed by atoms with van der Waals surface area (Å²) in [6, 6.07) is 16.2. The van der Waals surface area contributed by atoms with E-state index in [0.29, 0.717) is 12.8 Å². The number of fused-ring (bicyclic) bond motifs is 5. The average Bonchev–Trinajstić information content (AvgIpc) is 3.30. The summed E-state index contributed by atoms with van der Waals surface area (Å²) in [4.78, 5) is 43.7. The van der Waals surface area contributed by atoms with Gasteiger partial charge in [0.15, 0.2) is 0 Å². The highest BCUT2D eigenvalue weighted by Gasteiger charge is 2.69. The molecule has 2 saturated heterocycles. The molecule has 3 aliphatic heterocycles. The Morgan fingerprint density at radius 1 is 1.15 bits per heavy atom. The summed E-state index contributed by atoms with van der Waals surface area (Å²) in [6.45, 7) is 9.78. The van der Waals surface area contributed by atoms with Crippen molar-refractivity contribution in [2.75, 3.05) is 4.90 Å². The Bertz CT molecular complexity index is 1160. The van der Waals surface area contributed by atoms with Crippen LogP contribution in [0.2, 0.25) is 0 Å². The molecule has 170 valence electrons. The number of hydrogen-bond donors (Lipinski definition) is 1. The third kappa shape index (κ3) is 2.82. The highest BCUT2D eigenvalue weighted by molar-refractivity contribution is 6.02. The minimum Gasteiger partial charge on any atom is -0.342 e. The number of piperazine rings is 1. The van der Waals surface area contributed by atoms with Crippen LogP contribution < -0.4 is 10.2 Å². The predicted octanol–water partition coefficient (Wildman–Crippen LogP) is 3.17. The van der Waals surface area contributed by atoms with Gasteiger partial charge in [-0.05, 0) is 29.0 Å². The van der Waals surface area contributed by atoms with Gasteiger partial charge < -0.3 is 10.2 Å². The van der Waals surface area contributed by atoms with E-state index in [4.69, 9.17) is 0 Å². The maximum atomic E-state index is 13.9. The number of amides is 3. The molecule has 3 amide bonds. The lowest BCUT2D eigenvalue weighted by molar-refractivity contribution is -0.149. The highest BCUT2D eigenvalue weighted by Crippen LogP contribution is 2.62. The number of carbonyl (C=O) groups is 3. The van der Waals surface area contributed by atoms with E-state index in [2.05, 4.69) is 25.7 Å². The molecule has 4 atom stereocenters. The first kappa shape index (κ1) is 21.4. The average molecular weight is 444 g/mol. The standard InChI is InChI=1S/C27H29N3O3/c1-5-26(3,4)27-16-22-23(32)28-20(15-18-11-7-6-8-12-18)24(33)30(22)25(27)29(17(2)31)21-14-10-9-13-19(21)27/h5-14,20,22,25H,1,15-16H2,2-4H3,(H,28,32)/t20-,22+,25-,27+/m0/s1. The van der Waals surface area contributed by atoms with Gasteiger partial charge in [0.05, 0.1) is 0 Å². The van der Waals surface area contributed by atoms with Crippen LogP contribution in [0, 0.1) is 5.41 Å². The summed E-state index contributed by atoms with van der Waals surface area (Å²) in [5, 5.41) is 2.97. The fourth-order valence-electron chi connectivity index (χ4n) is 6.16. The van der Waals surface area contributed by atoms with Gasteiger partial charge >= 0.3 is 0 Å². The van der Waals surface area contributed by atoms with Gasteiger partial charge in [0.2, 0.25) is 17.7 Å². The van der Waals surface area contributed by atoms with Crippen molar-refractivity contribution in [1.82, 2.24) is 10.2 Å². The van der Waals surface area contributed by atoms with E-state index >= 15 is 0 Å². The van der Waals surface area contributed by atoms with Crippen LogP contribution in [0.5, 0.6) is 0 Å². The number of para-hydroxylation sites is 1. The van der Waals surface area contributed by atoms with Crippen molar-refractivity contribution < 1.29 is 14.4 Å². The van der Waals surface area contributed by atoms with Crippen LogP contribution in [0.4, 0.5) is 5.69 Å². The monoisotopic (exact) mass is 443 g/mol. The molecule has 3 heterocycles. The Balaban J connectivity index is 1.66. The Labute approximate surface area is 194 Å². The number of anilines is 1. The maximum absolute atomic E-state index is 13.9. The van der Waals surface area contributed by atoms with Crippen molar-refractivity contribution in [3.63, 3.8) is 0 Å². The Kier molecular flexibility index (Phi) is 4.74. The van der Waals surface area contributed by atoms with Gasteiger partial charge in [-0.15, -0.1) is 6.58 Å². The van der Waals surface area contributed by atoms with Gasteiger partial charge in [0, 0.05) is 24.4 Å². The van der Waals surface area contributed by atoms with E-state index in [1.54, 1.807) is 9.80 Å². The summed E-state index contributed by atoms with van der Waals surface area (Å²) < 4.78 is 0. The summed E-state index contributed by atoms with van der Waals surface area (Å²) in [5.74, 6) is -0.451. The van der Waals surface area contributed by atoms with Gasteiger partial charge in [-0.3, -0.25) is 19.3 Å². The van der Waals surface area contributed by atoms with E-state index in [9.17, 15) is 14.4 Å². The first-order valence-corrected chi connectivity index (χ1v) is 11.4. The molecule has 0 radical (unpaired) electrons. The molecule has 0 unspecified atom stereocenters. The zero-order valence-corrected chi connectivity index (χ0v) is 19.2. The summed E-state index contributed by atoms with van der Waals surface area (Å²) in [5.41, 5.74) is 1.65. The quantitative estimate of drug-likeness (QED) is 0.738. The van der Waals surface area contributed by atoms with Crippen LogP contribution in [0.3, 0.4) is 0 Å². The SMILES string of the molecule is C=CC(C)(C)[C@@]12C[C@@H]3C(=O)N[C@@H](Cc4ccccc4)C(=O)N3[C@@H]1N(C(C)=O)c1ccccc12. The lowest BCUT2D eigenvalue weighted by Crippen LogP contribution is -2.66. The molecule has 33 heavy (non-hydrogen) atoms. The van der Waals surface area contributed by atoms with E-state index in [1.165, 1.54) is 6.92 Å². The van der Waals surface area contributed by atoms with Gasteiger partial charge in [-0.1, -0.05) is 68.5 Å². The van der Waals surface area contributed by atoms with Crippen LogP contribution in [-0.2, 0) is 26.2 Å². The molecule has 5 rings (SSSR count). The molecule has 2 aromatic rings. The summed E-state index contributed by atoms with van der Waals surface area (Å²) >= 11 is 0. The lowest BCUT2D eigenvalue weighted by Gasteiger charge is -2.46. The number of carbonyl (C=O) groups excluding carboxylic acids is 3. The third-order valence-corrected chi connectivity index (χ3v) is 7.90. The molecule has 0 spiro atoms. The minimum atomic E-state index is -0.670. The zero-order valence-electron chi connectivity index (χ0n) is 19.2. The van der Waals surface area contributed by atoms with Gasteiger partial charge in [-0.2, -0.15) is 0 Å². The summed E-state index contributed by atoms with van der Waals surface area (Å²) in [6.07, 6.45) is 2.16. The van der Waals surface area contributed by atoms with Crippen molar-refractivity contribution in [3.05, 3.63) is 78.4 Å². The van der Waals surface area contributed by atoms with Crippen LogP contribution >= 0.6 is 0 Å². The van der Waals surface area contributed by atoms with Crippen molar-refractivity contribution in [2.24, 2.45) is 5.41 Å². The van der Waals surface area contributed by atoms with E-state index in [1.807, 2.05) is 60.7 Å². The van der Waals surface area contributed by atoms with Crippen LogP contribution in [-0.4, -0.2) is 40.9 Å². The second-order valence-electron chi connectivity index (χ2n) is 9.89. The molecule has 6 heteroatoms. The summed E-state index contributed by atoms with van der Waals surface area (Å²) in [7, 11) is 0. The van der Waals surface area contributed by atoms with E-state index < -0.39 is 29.1 Å². The molecule has 3 aliphatic rings. The molecule has 2 fully saturated rings. The Morgan fingerprint density at radius 3 is 2.48 bits per heavy atom. The minimum absolute atomic E-state index is 0.144. The Hall–Kier alpha value is -3.41. The number of rotatable bonds is 4. The molecule has 0 bridgehead atoms. The van der Waals surface area contributed by atoms with Crippen LogP contribution in [0.25, 0.3) is 0 Å².